The highest BCUT2D eigenvalue weighted by atomic mass is 16.4. The van der Waals surface area contributed by atoms with Crippen LogP contribution < -0.4 is 0 Å². The minimum Gasteiger partial charge on any atom is -0.478 e. The van der Waals surface area contributed by atoms with Crippen LogP contribution in [-0.2, 0) is 4.79 Å². The largest absolute Gasteiger partial charge is 0.478 e. The minimum absolute atomic E-state index is 0.438. The lowest BCUT2D eigenvalue weighted by Crippen LogP contribution is -1.99. The van der Waals surface area contributed by atoms with E-state index in [9.17, 15) is 4.79 Å². The first-order valence-electron chi connectivity index (χ1n) is 3.50. The van der Waals surface area contributed by atoms with Crippen LogP contribution in [0.1, 0.15) is 26.7 Å². The molecule has 2 heteroatoms. The molecule has 0 aliphatic rings. The Morgan fingerprint density at radius 1 is 1.64 bits per heavy atom. The standard InChI is InChI=1S/C9H12O2/c1-3-5-6-7-8(4-2)9(10)11/h4H,6-7H2,1-2H3,(H,10,11)/b8-4+. The van der Waals surface area contributed by atoms with Crippen molar-refractivity contribution in [1.82, 2.24) is 0 Å². The number of aliphatic carboxylic acids is 1. The first kappa shape index (κ1) is 9.77. The van der Waals surface area contributed by atoms with Crippen molar-refractivity contribution in [2.45, 2.75) is 26.7 Å². The average molecular weight is 152 g/mol. The van der Waals surface area contributed by atoms with Crippen molar-refractivity contribution in [2.75, 3.05) is 0 Å². The summed E-state index contributed by atoms with van der Waals surface area (Å²) < 4.78 is 0. The molecule has 0 saturated heterocycles. The van der Waals surface area contributed by atoms with Crippen molar-refractivity contribution in [2.24, 2.45) is 0 Å². The van der Waals surface area contributed by atoms with Crippen LogP contribution in [0.25, 0.3) is 0 Å². The Labute approximate surface area is 66.9 Å². The van der Waals surface area contributed by atoms with Crippen LogP contribution >= 0.6 is 0 Å². The van der Waals surface area contributed by atoms with E-state index in [1.807, 2.05) is 0 Å². The summed E-state index contributed by atoms with van der Waals surface area (Å²) in [6, 6.07) is 0. The Balaban J connectivity index is 3.88. The maximum atomic E-state index is 10.4. The molecule has 0 aliphatic heterocycles. The quantitative estimate of drug-likeness (QED) is 0.494. The Morgan fingerprint density at radius 3 is 2.64 bits per heavy atom. The third kappa shape index (κ3) is 4.21. The summed E-state index contributed by atoms with van der Waals surface area (Å²) in [5, 5.41) is 8.56. The van der Waals surface area contributed by atoms with Gasteiger partial charge in [-0.2, -0.15) is 0 Å². The molecule has 0 rings (SSSR count). The SMILES string of the molecule is CC#CCC/C(=C\C)C(=O)O. The number of rotatable bonds is 3. The third-order valence-corrected chi connectivity index (χ3v) is 1.32. The molecule has 0 aromatic heterocycles. The Hall–Kier alpha value is -1.23. The topological polar surface area (TPSA) is 37.3 Å². The molecule has 0 aromatic rings. The lowest BCUT2D eigenvalue weighted by Gasteiger charge is -1.95. The van der Waals surface area contributed by atoms with Gasteiger partial charge in [0.1, 0.15) is 0 Å². The van der Waals surface area contributed by atoms with Crippen LogP contribution in [0.4, 0.5) is 0 Å². The molecule has 0 unspecified atom stereocenters. The van der Waals surface area contributed by atoms with Gasteiger partial charge >= 0.3 is 5.97 Å². The molecule has 0 aliphatic carbocycles. The van der Waals surface area contributed by atoms with Gasteiger partial charge in [0.25, 0.3) is 0 Å². The van der Waals surface area contributed by atoms with Crippen molar-refractivity contribution < 1.29 is 9.90 Å². The molecule has 11 heavy (non-hydrogen) atoms. The molecule has 0 bridgehead atoms. The molecule has 0 saturated carbocycles. The summed E-state index contributed by atoms with van der Waals surface area (Å²) in [5.41, 5.74) is 0.438. The predicted molar refractivity (Wildman–Crippen MR) is 44.1 cm³/mol. The monoisotopic (exact) mass is 152 g/mol. The van der Waals surface area contributed by atoms with Crippen LogP contribution in [0, 0.1) is 11.8 Å². The molecule has 2 nitrogen and oxygen atoms in total. The van der Waals surface area contributed by atoms with Crippen LogP contribution in [0.15, 0.2) is 11.6 Å². The van der Waals surface area contributed by atoms with E-state index in [1.54, 1.807) is 19.9 Å². The smallest absolute Gasteiger partial charge is 0.331 e. The molecule has 60 valence electrons. The predicted octanol–water partition coefficient (Wildman–Crippen LogP) is 1.82. The van der Waals surface area contributed by atoms with E-state index in [0.29, 0.717) is 18.4 Å². The van der Waals surface area contributed by atoms with Gasteiger partial charge in [0.05, 0.1) is 0 Å². The van der Waals surface area contributed by atoms with E-state index in [0.717, 1.165) is 0 Å². The van der Waals surface area contributed by atoms with Gasteiger partial charge in [0.2, 0.25) is 0 Å². The molecule has 1 N–H and O–H groups in total. The maximum Gasteiger partial charge on any atom is 0.331 e. The highest BCUT2D eigenvalue weighted by Gasteiger charge is 2.02. The fourth-order valence-corrected chi connectivity index (χ4v) is 0.697. The zero-order chi connectivity index (χ0) is 8.69. The van der Waals surface area contributed by atoms with Gasteiger partial charge in [-0.15, -0.1) is 11.8 Å². The molecule has 0 fully saturated rings. The average Bonchev–Trinajstić information content (AvgIpc) is 1.97. The molecule has 0 atom stereocenters. The second kappa shape index (κ2) is 5.55. The van der Waals surface area contributed by atoms with Gasteiger partial charge < -0.3 is 5.11 Å². The van der Waals surface area contributed by atoms with Gasteiger partial charge in [0.15, 0.2) is 0 Å². The van der Waals surface area contributed by atoms with E-state index in [2.05, 4.69) is 11.8 Å². The van der Waals surface area contributed by atoms with Gasteiger partial charge in [-0.1, -0.05) is 6.08 Å². The van der Waals surface area contributed by atoms with Crippen LogP contribution in [0.3, 0.4) is 0 Å². The zero-order valence-electron chi connectivity index (χ0n) is 6.85. The lowest BCUT2D eigenvalue weighted by molar-refractivity contribution is -0.132. The van der Waals surface area contributed by atoms with Gasteiger partial charge in [-0.05, 0) is 20.3 Å². The first-order chi connectivity index (χ1) is 5.22. The van der Waals surface area contributed by atoms with Crippen molar-refractivity contribution in [3.05, 3.63) is 11.6 Å². The van der Waals surface area contributed by atoms with Crippen molar-refractivity contribution in [3.8, 4) is 11.8 Å². The highest BCUT2D eigenvalue weighted by Crippen LogP contribution is 2.03. The van der Waals surface area contributed by atoms with Gasteiger partial charge in [-0.25, -0.2) is 4.79 Å². The van der Waals surface area contributed by atoms with E-state index < -0.39 is 5.97 Å². The maximum absolute atomic E-state index is 10.4. The molecule has 0 heterocycles. The number of allylic oxidation sites excluding steroid dienone is 1. The number of carbonyl (C=O) groups is 1. The minimum atomic E-state index is -0.842. The molecule has 0 radical (unpaired) electrons. The van der Waals surface area contributed by atoms with Crippen LogP contribution in [0.5, 0.6) is 0 Å². The molecule has 0 aromatic carbocycles. The second-order valence-corrected chi connectivity index (χ2v) is 2.05. The summed E-state index contributed by atoms with van der Waals surface area (Å²) in [6.45, 7) is 3.47. The number of carboxylic acids is 1. The molecule has 0 amide bonds. The van der Waals surface area contributed by atoms with E-state index in [-0.39, 0.29) is 0 Å². The summed E-state index contributed by atoms with van der Waals surface area (Å²) in [6.07, 6.45) is 2.77. The molecule has 0 spiro atoms. The van der Waals surface area contributed by atoms with Crippen LogP contribution in [0.2, 0.25) is 0 Å². The van der Waals surface area contributed by atoms with E-state index in [4.69, 9.17) is 5.11 Å². The normalized spacial score (nSPS) is 10.2. The lowest BCUT2D eigenvalue weighted by atomic mass is 10.1. The first-order valence-corrected chi connectivity index (χ1v) is 3.50. The Kier molecular flexibility index (Phi) is 4.93. The highest BCUT2D eigenvalue weighted by molar-refractivity contribution is 5.86. The van der Waals surface area contributed by atoms with Gasteiger partial charge in [0, 0.05) is 12.0 Å². The fourth-order valence-electron chi connectivity index (χ4n) is 0.697. The van der Waals surface area contributed by atoms with E-state index in [1.165, 1.54) is 0 Å². The van der Waals surface area contributed by atoms with Gasteiger partial charge in [-0.3, -0.25) is 0 Å². The number of carboxylic acid groups (broad SMARTS) is 1. The van der Waals surface area contributed by atoms with Crippen molar-refractivity contribution in [1.29, 1.82) is 0 Å². The number of hydrogen-bond donors (Lipinski definition) is 1. The third-order valence-electron chi connectivity index (χ3n) is 1.32. The number of hydrogen-bond acceptors (Lipinski definition) is 1. The van der Waals surface area contributed by atoms with Crippen molar-refractivity contribution in [3.63, 3.8) is 0 Å². The summed E-state index contributed by atoms with van der Waals surface area (Å²) in [5.74, 6) is 4.69. The molecular formula is C9H12O2. The van der Waals surface area contributed by atoms with Crippen LogP contribution in [-0.4, -0.2) is 11.1 Å². The molecular weight excluding hydrogens is 140 g/mol. The second-order valence-electron chi connectivity index (χ2n) is 2.05. The zero-order valence-corrected chi connectivity index (χ0v) is 6.85. The summed E-state index contributed by atoms with van der Waals surface area (Å²) >= 11 is 0. The van der Waals surface area contributed by atoms with E-state index >= 15 is 0 Å². The fraction of sp³-hybridized carbons (Fsp3) is 0.444. The summed E-state index contributed by atoms with van der Waals surface area (Å²) in [4.78, 5) is 10.4. The summed E-state index contributed by atoms with van der Waals surface area (Å²) in [7, 11) is 0. The Morgan fingerprint density at radius 2 is 2.27 bits per heavy atom. The van der Waals surface area contributed by atoms with Crippen molar-refractivity contribution >= 4 is 5.97 Å². The Bertz CT molecular complexity index is 215.